The van der Waals surface area contributed by atoms with Gasteiger partial charge in [-0.3, -0.25) is 13.8 Å². The largest absolute Gasteiger partial charge is 0.481 e. The van der Waals surface area contributed by atoms with Gasteiger partial charge in [0.05, 0.1) is 5.92 Å². The molecule has 110 valence electrons. The number of carbonyl (C=O) groups excluding carboxylic acids is 1. The molecular weight excluding hydrogens is 278 g/mol. The monoisotopic (exact) mass is 297 g/mol. The summed E-state index contributed by atoms with van der Waals surface area (Å²) in [6.45, 7) is 1.71. The molecule has 0 bridgehead atoms. The van der Waals surface area contributed by atoms with Crippen LogP contribution in [0.2, 0.25) is 0 Å². The number of aliphatic carboxylic acids is 1. The van der Waals surface area contributed by atoms with Crippen LogP contribution in [0.1, 0.15) is 22.8 Å². The zero-order valence-electron chi connectivity index (χ0n) is 11.8. The summed E-state index contributed by atoms with van der Waals surface area (Å²) in [7, 11) is 0.609. The predicted molar refractivity (Wildman–Crippen MR) is 78.0 cm³/mol. The molecule has 0 fully saturated rings. The normalized spacial score (nSPS) is 13.6. The third kappa shape index (κ3) is 4.77. The Bertz CT molecular complexity index is 530. The standard InChI is InChI=1S/C14H19NO4S/c1-10(14(17)18)8-15(2)13(16)12-6-4-5-11(7-12)9-20(3)19/h4-7,10H,8-9H2,1-3H3,(H,17,18). The molecule has 6 heteroatoms. The van der Waals surface area contributed by atoms with Gasteiger partial charge in [0.15, 0.2) is 0 Å². The maximum atomic E-state index is 12.2. The lowest BCUT2D eigenvalue weighted by molar-refractivity contribution is -0.141. The van der Waals surface area contributed by atoms with Crippen LogP contribution in [0.25, 0.3) is 0 Å². The first-order chi connectivity index (χ1) is 9.31. The maximum Gasteiger partial charge on any atom is 0.308 e. The molecule has 0 saturated heterocycles. The van der Waals surface area contributed by atoms with E-state index in [1.807, 2.05) is 6.07 Å². The summed E-state index contributed by atoms with van der Waals surface area (Å²) in [6.07, 6.45) is 1.61. The number of rotatable bonds is 6. The fourth-order valence-corrected chi connectivity index (χ4v) is 2.47. The Labute approximate surface area is 121 Å². The molecule has 20 heavy (non-hydrogen) atoms. The molecule has 0 aromatic heterocycles. The summed E-state index contributed by atoms with van der Waals surface area (Å²) in [5.74, 6) is -1.38. The number of amides is 1. The summed E-state index contributed by atoms with van der Waals surface area (Å²) >= 11 is 0. The van der Waals surface area contributed by atoms with E-state index in [4.69, 9.17) is 5.11 Å². The molecule has 0 spiro atoms. The summed E-state index contributed by atoms with van der Waals surface area (Å²) in [4.78, 5) is 24.4. The molecule has 1 rings (SSSR count). The van der Waals surface area contributed by atoms with E-state index in [1.165, 1.54) is 4.90 Å². The van der Waals surface area contributed by atoms with Gasteiger partial charge in [-0.1, -0.05) is 19.1 Å². The van der Waals surface area contributed by atoms with Crippen molar-refractivity contribution < 1.29 is 18.9 Å². The van der Waals surface area contributed by atoms with Crippen molar-refractivity contribution in [3.05, 3.63) is 35.4 Å². The van der Waals surface area contributed by atoms with Gasteiger partial charge in [-0.2, -0.15) is 0 Å². The quantitative estimate of drug-likeness (QED) is 0.860. The van der Waals surface area contributed by atoms with Crippen molar-refractivity contribution in [3.8, 4) is 0 Å². The van der Waals surface area contributed by atoms with Crippen molar-refractivity contribution in [2.24, 2.45) is 5.92 Å². The topological polar surface area (TPSA) is 74.7 Å². The van der Waals surface area contributed by atoms with E-state index in [-0.39, 0.29) is 12.5 Å². The van der Waals surface area contributed by atoms with E-state index in [2.05, 4.69) is 0 Å². The van der Waals surface area contributed by atoms with Crippen molar-refractivity contribution in [1.29, 1.82) is 0 Å². The highest BCUT2D eigenvalue weighted by Crippen LogP contribution is 2.11. The first-order valence-corrected chi connectivity index (χ1v) is 7.91. The molecule has 2 unspecified atom stereocenters. The van der Waals surface area contributed by atoms with Gasteiger partial charge in [0, 0.05) is 42.0 Å². The van der Waals surface area contributed by atoms with E-state index in [0.29, 0.717) is 11.3 Å². The highest BCUT2D eigenvalue weighted by atomic mass is 32.2. The zero-order valence-corrected chi connectivity index (χ0v) is 12.6. The third-order valence-corrected chi connectivity index (χ3v) is 3.60. The summed E-state index contributed by atoms with van der Waals surface area (Å²) in [5, 5.41) is 8.85. The fraction of sp³-hybridized carbons (Fsp3) is 0.429. The van der Waals surface area contributed by atoms with Crippen LogP contribution in [0.4, 0.5) is 0 Å². The van der Waals surface area contributed by atoms with Crippen molar-refractivity contribution in [2.45, 2.75) is 12.7 Å². The van der Waals surface area contributed by atoms with Crippen LogP contribution in [0, 0.1) is 5.92 Å². The first-order valence-electron chi connectivity index (χ1n) is 6.18. The number of benzene rings is 1. The van der Waals surface area contributed by atoms with Gasteiger partial charge in [-0.15, -0.1) is 0 Å². The van der Waals surface area contributed by atoms with Gasteiger partial charge in [-0.25, -0.2) is 0 Å². The van der Waals surface area contributed by atoms with Gasteiger partial charge in [-0.05, 0) is 17.7 Å². The number of carboxylic acids is 1. The van der Waals surface area contributed by atoms with Crippen molar-refractivity contribution >= 4 is 22.7 Å². The Kier molecular flexibility index (Phi) is 5.88. The molecule has 0 aliphatic heterocycles. The van der Waals surface area contributed by atoms with E-state index in [0.717, 1.165) is 5.56 Å². The molecule has 0 aliphatic carbocycles. The van der Waals surface area contributed by atoms with Crippen molar-refractivity contribution in [3.63, 3.8) is 0 Å². The van der Waals surface area contributed by atoms with E-state index in [1.54, 1.807) is 38.4 Å². The van der Waals surface area contributed by atoms with Gasteiger partial charge in [0.1, 0.15) is 0 Å². The summed E-state index contributed by atoms with van der Waals surface area (Å²) in [5.41, 5.74) is 1.31. The lowest BCUT2D eigenvalue weighted by Crippen LogP contribution is -2.33. The number of carboxylic acid groups (broad SMARTS) is 1. The number of hydrogen-bond acceptors (Lipinski definition) is 3. The highest BCUT2D eigenvalue weighted by Gasteiger charge is 2.18. The van der Waals surface area contributed by atoms with Crippen molar-refractivity contribution in [1.82, 2.24) is 4.90 Å². The van der Waals surface area contributed by atoms with Crippen LogP contribution >= 0.6 is 0 Å². The minimum Gasteiger partial charge on any atom is -0.481 e. The SMILES string of the molecule is CC(CN(C)C(=O)c1cccc(CS(C)=O)c1)C(=O)O. The molecule has 0 aliphatic rings. The fourth-order valence-electron chi connectivity index (χ4n) is 1.82. The Morgan fingerprint density at radius 3 is 2.60 bits per heavy atom. The third-order valence-electron chi connectivity index (χ3n) is 2.86. The summed E-state index contributed by atoms with van der Waals surface area (Å²) < 4.78 is 11.2. The molecule has 2 atom stereocenters. The van der Waals surface area contributed by atoms with Crippen LogP contribution in [-0.2, 0) is 21.3 Å². The minimum absolute atomic E-state index is 0.151. The molecule has 0 radical (unpaired) electrons. The van der Waals surface area contributed by atoms with Crippen molar-refractivity contribution in [2.75, 3.05) is 19.8 Å². The van der Waals surface area contributed by atoms with Crippen LogP contribution in [0.15, 0.2) is 24.3 Å². The van der Waals surface area contributed by atoms with Gasteiger partial charge < -0.3 is 10.0 Å². The molecule has 0 saturated carbocycles. The van der Waals surface area contributed by atoms with Crippen LogP contribution in [0.3, 0.4) is 0 Å². The smallest absolute Gasteiger partial charge is 0.308 e. The molecule has 1 aromatic rings. The molecule has 5 nitrogen and oxygen atoms in total. The van der Waals surface area contributed by atoms with Gasteiger partial charge in [0.2, 0.25) is 0 Å². The number of carbonyl (C=O) groups is 2. The predicted octanol–water partition coefficient (Wildman–Crippen LogP) is 1.36. The second-order valence-corrected chi connectivity index (χ2v) is 6.28. The maximum absolute atomic E-state index is 12.2. The molecule has 1 amide bonds. The molecular formula is C14H19NO4S. The Balaban J connectivity index is 2.81. The summed E-state index contributed by atoms with van der Waals surface area (Å²) in [6, 6.07) is 6.93. The highest BCUT2D eigenvalue weighted by molar-refractivity contribution is 7.83. The average molecular weight is 297 g/mol. The Hall–Kier alpha value is -1.69. The molecule has 0 heterocycles. The van der Waals surface area contributed by atoms with Gasteiger partial charge in [0.25, 0.3) is 5.91 Å². The van der Waals surface area contributed by atoms with E-state index >= 15 is 0 Å². The Morgan fingerprint density at radius 2 is 2.05 bits per heavy atom. The minimum atomic E-state index is -0.967. The molecule has 1 aromatic carbocycles. The lowest BCUT2D eigenvalue weighted by atomic mass is 10.1. The van der Waals surface area contributed by atoms with Crippen LogP contribution in [-0.4, -0.2) is 45.9 Å². The molecule has 1 N–H and O–H groups in total. The average Bonchev–Trinajstić information content (AvgIpc) is 2.37. The first kappa shape index (κ1) is 16.4. The Morgan fingerprint density at radius 1 is 1.40 bits per heavy atom. The zero-order chi connectivity index (χ0) is 15.3. The van der Waals surface area contributed by atoms with Gasteiger partial charge >= 0.3 is 5.97 Å². The number of nitrogens with zero attached hydrogens (tertiary/aromatic N) is 1. The van der Waals surface area contributed by atoms with Crippen LogP contribution in [0.5, 0.6) is 0 Å². The lowest BCUT2D eigenvalue weighted by Gasteiger charge is -2.19. The second kappa shape index (κ2) is 7.19. The van der Waals surface area contributed by atoms with E-state index in [9.17, 15) is 13.8 Å². The second-order valence-electron chi connectivity index (χ2n) is 4.84. The van der Waals surface area contributed by atoms with Crippen LogP contribution < -0.4 is 0 Å². The van der Waals surface area contributed by atoms with E-state index < -0.39 is 22.7 Å². The number of hydrogen-bond donors (Lipinski definition) is 1.